The minimum Gasteiger partial charge on any atom is -0.489 e. The highest BCUT2D eigenvalue weighted by Gasteiger charge is 1.92. The Balaban J connectivity index is 4.50. The second kappa shape index (κ2) is 12.1. The minimum absolute atomic E-state index is 0.0948. The molecule has 0 spiro atoms. The van der Waals surface area contributed by atoms with E-state index in [0.717, 1.165) is 17.8 Å². The Hall–Kier alpha value is -1.95. The summed E-state index contributed by atoms with van der Waals surface area (Å²) in [5.41, 5.74) is 3.24. The Kier molecular flexibility index (Phi) is 10.9. The molecule has 0 saturated heterocycles. The van der Waals surface area contributed by atoms with Gasteiger partial charge in [-0.1, -0.05) is 13.0 Å². The van der Waals surface area contributed by atoms with E-state index < -0.39 is 12.5 Å². The Morgan fingerprint density at radius 1 is 1.30 bits per heavy atom. The number of hydrogen-bond donors (Lipinski definition) is 2. The van der Waals surface area contributed by atoms with Crippen molar-refractivity contribution in [2.24, 2.45) is 5.84 Å². The van der Waals surface area contributed by atoms with Gasteiger partial charge in [-0.2, -0.15) is 0 Å². The lowest BCUT2D eigenvalue weighted by Gasteiger charge is -2.04. The Labute approximate surface area is 117 Å². The molecule has 6 heteroatoms. The predicted octanol–water partition coefficient (Wildman–Crippen LogP) is 3.51. The predicted molar refractivity (Wildman–Crippen MR) is 74.3 cm³/mol. The summed E-state index contributed by atoms with van der Waals surface area (Å²) in [4.78, 5) is 0. The van der Waals surface area contributed by atoms with E-state index in [-0.39, 0.29) is 12.4 Å². The molecule has 0 atom stereocenters. The zero-order valence-electron chi connectivity index (χ0n) is 11.3. The number of nitrogens with one attached hydrogen (secondary N) is 1. The molecule has 0 amide bonds. The monoisotopic (exact) mass is 288 g/mol. The Morgan fingerprint density at radius 3 is 2.60 bits per heavy atom. The quantitative estimate of drug-likeness (QED) is 0.295. The molecule has 112 valence electrons. The molecule has 3 nitrogen and oxygen atoms in total. The van der Waals surface area contributed by atoms with Crippen LogP contribution in [0, 0.1) is 0 Å². The van der Waals surface area contributed by atoms with Crippen LogP contribution >= 0.6 is 0 Å². The maximum atomic E-state index is 12.4. The number of allylic oxidation sites excluding steroid dienone is 7. The summed E-state index contributed by atoms with van der Waals surface area (Å²) in [6, 6.07) is 0. The molecule has 0 rings (SSSR count). The van der Waals surface area contributed by atoms with Crippen LogP contribution in [-0.4, -0.2) is 13.3 Å². The first kappa shape index (κ1) is 18.0. The summed E-state index contributed by atoms with van der Waals surface area (Å²) < 4.78 is 41.6. The lowest BCUT2D eigenvalue weighted by atomic mass is 10.3. The van der Waals surface area contributed by atoms with E-state index in [0.29, 0.717) is 12.8 Å². The zero-order valence-corrected chi connectivity index (χ0v) is 11.3. The van der Waals surface area contributed by atoms with E-state index in [4.69, 9.17) is 10.6 Å². The van der Waals surface area contributed by atoms with E-state index in [1.54, 1.807) is 12.2 Å². The fourth-order valence-corrected chi connectivity index (χ4v) is 1.08. The van der Waals surface area contributed by atoms with Crippen molar-refractivity contribution in [1.82, 2.24) is 5.43 Å². The summed E-state index contributed by atoms with van der Waals surface area (Å²) in [5, 5.41) is 0. The molecule has 0 aliphatic carbocycles. The average Bonchev–Trinajstić information content (AvgIpc) is 2.47. The SMILES string of the molecule is CC\C(=C/C=C(\C=C\F)OC/C=C\C=C(\F)CF)NN. The largest absolute Gasteiger partial charge is 0.489 e. The maximum absolute atomic E-state index is 12.4. The van der Waals surface area contributed by atoms with Gasteiger partial charge in [-0.25, -0.2) is 13.2 Å². The molecule has 0 heterocycles. The highest BCUT2D eigenvalue weighted by atomic mass is 19.2. The number of halogens is 3. The van der Waals surface area contributed by atoms with E-state index in [2.05, 4.69) is 5.43 Å². The van der Waals surface area contributed by atoms with Crippen molar-refractivity contribution in [2.75, 3.05) is 13.3 Å². The van der Waals surface area contributed by atoms with Crippen molar-refractivity contribution in [3.05, 3.63) is 60.1 Å². The maximum Gasteiger partial charge on any atom is 0.141 e. The molecule has 0 aliphatic rings. The molecule has 0 unspecified atom stereocenters. The molecule has 0 fully saturated rings. The van der Waals surface area contributed by atoms with Crippen molar-refractivity contribution in [3.8, 4) is 0 Å². The molecule has 0 aliphatic heterocycles. The third-order valence-corrected chi connectivity index (χ3v) is 2.13. The van der Waals surface area contributed by atoms with E-state index >= 15 is 0 Å². The fraction of sp³-hybridized carbons (Fsp3) is 0.286. The van der Waals surface area contributed by atoms with Gasteiger partial charge in [0.25, 0.3) is 0 Å². The highest BCUT2D eigenvalue weighted by molar-refractivity contribution is 5.20. The molecule has 0 bridgehead atoms. The Bertz CT molecular complexity index is 407. The van der Waals surface area contributed by atoms with Gasteiger partial charge in [0.05, 0.1) is 6.33 Å². The first-order valence-corrected chi connectivity index (χ1v) is 6.02. The molecule has 3 N–H and O–H groups in total. The van der Waals surface area contributed by atoms with E-state index in [9.17, 15) is 13.2 Å². The van der Waals surface area contributed by atoms with Crippen LogP contribution in [-0.2, 0) is 4.74 Å². The van der Waals surface area contributed by atoms with E-state index in [1.165, 1.54) is 12.2 Å². The van der Waals surface area contributed by atoms with Gasteiger partial charge in [0.1, 0.15) is 24.9 Å². The third-order valence-electron chi connectivity index (χ3n) is 2.13. The van der Waals surface area contributed by atoms with Gasteiger partial charge >= 0.3 is 0 Å². The fourth-order valence-electron chi connectivity index (χ4n) is 1.08. The van der Waals surface area contributed by atoms with Crippen LogP contribution in [0.1, 0.15) is 13.3 Å². The van der Waals surface area contributed by atoms with Crippen LogP contribution in [0.25, 0.3) is 0 Å². The van der Waals surface area contributed by atoms with Crippen LogP contribution in [0.5, 0.6) is 0 Å². The number of nitrogens with two attached hydrogens (primary N) is 1. The lowest BCUT2D eigenvalue weighted by Crippen LogP contribution is -2.20. The zero-order chi connectivity index (χ0) is 15.2. The van der Waals surface area contributed by atoms with Crippen molar-refractivity contribution in [2.45, 2.75) is 13.3 Å². The van der Waals surface area contributed by atoms with Crippen LogP contribution in [0.4, 0.5) is 13.2 Å². The second-order valence-electron chi connectivity index (χ2n) is 3.54. The van der Waals surface area contributed by atoms with Gasteiger partial charge in [0.15, 0.2) is 0 Å². The average molecular weight is 288 g/mol. The summed E-state index contributed by atoms with van der Waals surface area (Å²) in [6.07, 6.45) is 9.14. The molecule has 20 heavy (non-hydrogen) atoms. The van der Waals surface area contributed by atoms with Crippen molar-refractivity contribution in [1.29, 1.82) is 0 Å². The minimum atomic E-state index is -1.14. The lowest BCUT2D eigenvalue weighted by molar-refractivity contribution is 0.261. The second-order valence-corrected chi connectivity index (χ2v) is 3.54. The van der Waals surface area contributed by atoms with Crippen molar-refractivity contribution >= 4 is 0 Å². The standard InChI is InChI=1S/C14H19F3N2O/c1-2-13(19-18)6-7-14(8-9-15)20-10-4-3-5-12(17)11-16/h3-9,19H,2,10-11,18H2,1H3/b4-3-,9-8+,12-5+,13-6+,14-7+. The number of ether oxygens (including phenoxy) is 1. The van der Waals surface area contributed by atoms with Gasteiger partial charge in [0.2, 0.25) is 0 Å². The number of rotatable bonds is 9. The molecule has 0 radical (unpaired) electrons. The Morgan fingerprint density at radius 2 is 2.05 bits per heavy atom. The van der Waals surface area contributed by atoms with Gasteiger partial charge < -0.3 is 10.2 Å². The number of hydrazine groups is 1. The number of hydrogen-bond acceptors (Lipinski definition) is 3. The first-order valence-electron chi connectivity index (χ1n) is 6.02. The van der Waals surface area contributed by atoms with Crippen LogP contribution in [0.2, 0.25) is 0 Å². The number of alkyl halides is 1. The highest BCUT2D eigenvalue weighted by Crippen LogP contribution is 2.04. The van der Waals surface area contributed by atoms with Crippen LogP contribution in [0.3, 0.4) is 0 Å². The molecular weight excluding hydrogens is 269 g/mol. The molecule has 0 aromatic carbocycles. The van der Waals surface area contributed by atoms with E-state index in [1.807, 2.05) is 6.92 Å². The molecule has 0 aromatic heterocycles. The summed E-state index contributed by atoms with van der Waals surface area (Å²) in [5.74, 6) is 4.66. The smallest absolute Gasteiger partial charge is 0.141 e. The van der Waals surface area contributed by atoms with Gasteiger partial charge in [-0.15, -0.1) is 0 Å². The summed E-state index contributed by atoms with van der Waals surface area (Å²) in [7, 11) is 0. The first-order chi connectivity index (χ1) is 9.67. The molecule has 0 aromatic rings. The molecular formula is C14H19F3N2O. The van der Waals surface area contributed by atoms with Crippen molar-refractivity contribution in [3.63, 3.8) is 0 Å². The van der Waals surface area contributed by atoms with Gasteiger partial charge in [-0.05, 0) is 30.7 Å². The summed E-state index contributed by atoms with van der Waals surface area (Å²) in [6.45, 7) is 0.856. The van der Waals surface area contributed by atoms with Crippen LogP contribution < -0.4 is 11.3 Å². The third kappa shape index (κ3) is 9.04. The van der Waals surface area contributed by atoms with Gasteiger partial charge in [0, 0.05) is 11.8 Å². The van der Waals surface area contributed by atoms with Crippen molar-refractivity contribution < 1.29 is 17.9 Å². The van der Waals surface area contributed by atoms with Crippen LogP contribution in [0.15, 0.2) is 60.1 Å². The normalized spacial score (nSPS) is 14.3. The molecule has 0 saturated carbocycles. The van der Waals surface area contributed by atoms with Gasteiger partial charge in [-0.3, -0.25) is 5.84 Å². The summed E-state index contributed by atoms with van der Waals surface area (Å²) >= 11 is 0. The topological polar surface area (TPSA) is 47.3 Å².